The molecular weight excluding hydrogens is 340 g/mol. The highest BCUT2D eigenvalue weighted by molar-refractivity contribution is 5.73. The largest absolute Gasteiger partial charge is 0.390 e. The van der Waals surface area contributed by atoms with Gasteiger partial charge >= 0.3 is 0 Å². The number of hydrogen-bond donors (Lipinski definition) is 1. The summed E-state index contributed by atoms with van der Waals surface area (Å²) in [5.74, 6) is 0.0195. The molecule has 1 saturated heterocycles. The number of aliphatic hydroxyl groups excluding tert-OH is 1. The molecule has 6 heteroatoms. The van der Waals surface area contributed by atoms with Crippen molar-refractivity contribution >= 4 is 5.91 Å². The van der Waals surface area contributed by atoms with Crippen LogP contribution in [0.4, 0.5) is 0 Å². The number of aromatic nitrogens is 2. The maximum Gasteiger partial charge on any atom is 0.219 e. The monoisotopic (exact) mass is 370 g/mol. The minimum absolute atomic E-state index is 0.0195. The normalized spacial score (nSPS) is 18.5. The van der Waals surface area contributed by atoms with Crippen LogP contribution < -0.4 is 0 Å². The molecule has 0 radical (unpaired) electrons. The van der Waals surface area contributed by atoms with Crippen LogP contribution in [0.15, 0.2) is 36.7 Å². The Hall–Kier alpha value is -2.18. The lowest BCUT2D eigenvalue weighted by Gasteiger charge is -2.20. The van der Waals surface area contributed by atoms with Gasteiger partial charge in [0.25, 0.3) is 0 Å². The first kappa shape index (κ1) is 19.6. The van der Waals surface area contributed by atoms with Crippen molar-refractivity contribution in [1.82, 2.24) is 19.6 Å². The number of carbonyl (C=O) groups is 1. The van der Waals surface area contributed by atoms with Gasteiger partial charge in [-0.25, -0.2) is 4.68 Å². The molecule has 0 unspecified atom stereocenters. The molecule has 0 saturated carbocycles. The summed E-state index contributed by atoms with van der Waals surface area (Å²) < 4.78 is 1.90. The van der Waals surface area contributed by atoms with E-state index in [1.165, 1.54) is 18.4 Å². The molecule has 6 nitrogen and oxygen atoms in total. The number of aliphatic hydroxyl groups is 1. The van der Waals surface area contributed by atoms with Crippen molar-refractivity contribution in [2.24, 2.45) is 0 Å². The first-order valence-electron chi connectivity index (χ1n) is 9.84. The zero-order valence-corrected chi connectivity index (χ0v) is 16.3. The van der Waals surface area contributed by atoms with Crippen molar-refractivity contribution in [2.75, 3.05) is 26.2 Å². The highest BCUT2D eigenvalue weighted by Gasteiger charge is 2.22. The lowest BCUT2D eigenvalue weighted by molar-refractivity contribution is -0.129. The molecule has 0 aliphatic carbocycles. The van der Waals surface area contributed by atoms with Crippen LogP contribution in [-0.4, -0.2) is 62.9 Å². The van der Waals surface area contributed by atoms with Crippen LogP contribution in [0.3, 0.4) is 0 Å². The lowest BCUT2D eigenvalue weighted by Crippen LogP contribution is -2.36. The fourth-order valence-electron chi connectivity index (χ4n) is 3.52. The first-order chi connectivity index (χ1) is 13.0. The Morgan fingerprint density at radius 2 is 1.96 bits per heavy atom. The summed E-state index contributed by atoms with van der Waals surface area (Å²) in [4.78, 5) is 15.5. The fourth-order valence-corrected chi connectivity index (χ4v) is 3.52. The summed E-state index contributed by atoms with van der Waals surface area (Å²) >= 11 is 0. The number of amides is 1. The highest BCUT2D eigenvalue weighted by Crippen LogP contribution is 2.14. The quantitative estimate of drug-likeness (QED) is 0.847. The van der Waals surface area contributed by atoms with Crippen molar-refractivity contribution < 1.29 is 9.90 Å². The molecule has 27 heavy (non-hydrogen) atoms. The van der Waals surface area contributed by atoms with E-state index < -0.39 is 6.10 Å². The zero-order chi connectivity index (χ0) is 19.2. The standard InChI is InChI=1S/C21H30N4O2/c1-3-4-5-18-6-8-20(9-7-18)25-14-19(12-22-25)13-23-10-11-24(17(2)26)16-21(27)15-23/h6-9,12,14,21,27H,3-5,10-11,13,15-16H2,1-2H3/t21-/m1/s1. The van der Waals surface area contributed by atoms with Gasteiger partial charge in [0.15, 0.2) is 0 Å². The van der Waals surface area contributed by atoms with Crippen molar-refractivity contribution in [1.29, 1.82) is 0 Å². The van der Waals surface area contributed by atoms with Crippen LogP contribution in [0.2, 0.25) is 0 Å². The third-order valence-electron chi connectivity index (χ3n) is 5.09. The van der Waals surface area contributed by atoms with E-state index in [4.69, 9.17) is 0 Å². The molecule has 146 valence electrons. The van der Waals surface area contributed by atoms with E-state index in [9.17, 15) is 9.90 Å². The molecule has 1 atom stereocenters. The number of nitrogens with zero attached hydrogens (tertiary/aromatic N) is 4. The van der Waals surface area contributed by atoms with Gasteiger partial charge in [0.2, 0.25) is 5.91 Å². The van der Waals surface area contributed by atoms with Gasteiger partial charge in [-0.3, -0.25) is 9.69 Å². The highest BCUT2D eigenvalue weighted by atomic mass is 16.3. The summed E-state index contributed by atoms with van der Waals surface area (Å²) in [5.41, 5.74) is 3.52. The van der Waals surface area contributed by atoms with Gasteiger partial charge in [-0.2, -0.15) is 5.10 Å². The van der Waals surface area contributed by atoms with Gasteiger partial charge in [0.1, 0.15) is 0 Å². The van der Waals surface area contributed by atoms with Crippen LogP contribution in [-0.2, 0) is 17.8 Å². The molecule has 2 aromatic rings. The summed E-state index contributed by atoms with van der Waals surface area (Å²) in [6, 6.07) is 8.58. The van der Waals surface area contributed by atoms with Crippen LogP contribution >= 0.6 is 0 Å². The molecule has 1 amide bonds. The molecule has 1 aliphatic rings. The second-order valence-electron chi connectivity index (χ2n) is 7.42. The van der Waals surface area contributed by atoms with Crippen LogP contribution in [0.1, 0.15) is 37.8 Å². The Morgan fingerprint density at radius 3 is 2.67 bits per heavy atom. The summed E-state index contributed by atoms with van der Waals surface area (Å²) in [6.07, 6.45) is 6.96. The Bertz CT molecular complexity index is 741. The molecule has 0 spiro atoms. The van der Waals surface area contributed by atoms with Crippen molar-refractivity contribution in [3.05, 3.63) is 47.8 Å². The van der Waals surface area contributed by atoms with Crippen molar-refractivity contribution in [3.8, 4) is 5.69 Å². The van der Waals surface area contributed by atoms with E-state index in [1.807, 2.05) is 17.1 Å². The van der Waals surface area contributed by atoms with Crippen LogP contribution in [0, 0.1) is 0 Å². The summed E-state index contributed by atoms with van der Waals surface area (Å²) in [6.45, 7) is 6.88. The first-order valence-corrected chi connectivity index (χ1v) is 9.84. The Balaban J connectivity index is 1.61. The molecular formula is C21H30N4O2. The summed E-state index contributed by atoms with van der Waals surface area (Å²) in [7, 11) is 0. The predicted molar refractivity (Wildman–Crippen MR) is 106 cm³/mol. The van der Waals surface area contributed by atoms with Gasteiger partial charge in [0.05, 0.1) is 18.0 Å². The molecule has 1 aliphatic heterocycles. The molecule has 0 bridgehead atoms. The number of rotatable bonds is 6. The Morgan fingerprint density at radius 1 is 1.19 bits per heavy atom. The summed E-state index contributed by atoms with van der Waals surface area (Å²) in [5, 5.41) is 14.7. The molecule has 2 heterocycles. The number of hydrogen-bond acceptors (Lipinski definition) is 4. The predicted octanol–water partition coefficient (Wildman–Crippen LogP) is 2.24. The van der Waals surface area contributed by atoms with Gasteiger partial charge in [0, 0.05) is 51.4 Å². The average Bonchev–Trinajstić information content (AvgIpc) is 3.03. The van der Waals surface area contributed by atoms with Gasteiger partial charge in [-0.1, -0.05) is 25.5 Å². The number of benzene rings is 1. The third-order valence-corrected chi connectivity index (χ3v) is 5.09. The molecule has 1 aromatic heterocycles. The molecule has 1 fully saturated rings. The third kappa shape index (κ3) is 5.40. The molecule has 1 aromatic carbocycles. The smallest absolute Gasteiger partial charge is 0.219 e. The molecule has 1 N–H and O–H groups in total. The van der Waals surface area contributed by atoms with Gasteiger partial charge in [-0.15, -0.1) is 0 Å². The number of aryl methyl sites for hydroxylation is 1. The number of unbranched alkanes of at least 4 members (excludes halogenated alkanes) is 1. The van der Waals surface area contributed by atoms with Crippen LogP contribution in [0.5, 0.6) is 0 Å². The Labute approximate surface area is 161 Å². The fraction of sp³-hybridized carbons (Fsp3) is 0.524. The van der Waals surface area contributed by atoms with E-state index in [-0.39, 0.29) is 5.91 Å². The second kappa shape index (κ2) is 9.15. The average molecular weight is 370 g/mol. The van der Waals surface area contributed by atoms with Crippen LogP contribution in [0.25, 0.3) is 5.69 Å². The maximum absolute atomic E-state index is 11.6. The van der Waals surface area contributed by atoms with Crippen molar-refractivity contribution in [2.45, 2.75) is 45.8 Å². The SMILES string of the molecule is CCCCc1ccc(-n2cc(CN3CCN(C(C)=O)C[C@H](O)C3)cn2)cc1. The van der Waals surface area contributed by atoms with E-state index in [2.05, 4.69) is 41.2 Å². The molecule has 3 rings (SSSR count). The minimum atomic E-state index is -0.512. The number of carbonyl (C=O) groups excluding carboxylic acids is 1. The van der Waals surface area contributed by atoms with E-state index in [0.717, 1.165) is 30.8 Å². The van der Waals surface area contributed by atoms with Gasteiger partial charge < -0.3 is 10.0 Å². The topological polar surface area (TPSA) is 61.6 Å². The van der Waals surface area contributed by atoms with E-state index in [1.54, 1.807) is 11.8 Å². The second-order valence-corrected chi connectivity index (χ2v) is 7.42. The van der Waals surface area contributed by atoms with Crippen molar-refractivity contribution in [3.63, 3.8) is 0 Å². The van der Waals surface area contributed by atoms with E-state index in [0.29, 0.717) is 19.6 Å². The van der Waals surface area contributed by atoms with E-state index >= 15 is 0 Å². The Kier molecular flexibility index (Phi) is 6.63. The lowest BCUT2D eigenvalue weighted by atomic mass is 10.1. The van der Waals surface area contributed by atoms with Gasteiger partial charge in [-0.05, 0) is 30.5 Å². The maximum atomic E-state index is 11.6. The minimum Gasteiger partial charge on any atom is -0.390 e. The number of β-amino-alcohol motifs (C(OH)–C–C–N with tert-alkyl or cyclic N) is 1. The zero-order valence-electron chi connectivity index (χ0n) is 16.3.